The van der Waals surface area contributed by atoms with Gasteiger partial charge in [-0.05, 0) is 30.2 Å². The van der Waals surface area contributed by atoms with Crippen LogP contribution in [0.4, 0.5) is 5.69 Å². The molecule has 0 bridgehead atoms. The molecule has 4 rings (SSSR count). The number of aromatic amines is 1. The van der Waals surface area contributed by atoms with Gasteiger partial charge in [0.15, 0.2) is 11.6 Å². The summed E-state index contributed by atoms with van der Waals surface area (Å²) >= 11 is 0. The fourth-order valence-electron chi connectivity index (χ4n) is 2.56. The van der Waals surface area contributed by atoms with Crippen molar-refractivity contribution in [2.75, 3.05) is 11.9 Å². The van der Waals surface area contributed by atoms with E-state index in [4.69, 9.17) is 0 Å². The van der Waals surface area contributed by atoms with E-state index >= 15 is 0 Å². The summed E-state index contributed by atoms with van der Waals surface area (Å²) in [6.07, 6.45) is 1.07. The van der Waals surface area contributed by atoms with E-state index in [9.17, 15) is 0 Å². The van der Waals surface area contributed by atoms with E-state index in [1.54, 1.807) is 0 Å². The minimum atomic E-state index is 0.749. The van der Waals surface area contributed by atoms with E-state index in [-0.39, 0.29) is 0 Å². The van der Waals surface area contributed by atoms with Crippen LogP contribution in [0, 0.1) is 0 Å². The van der Waals surface area contributed by atoms with Gasteiger partial charge in [-0.2, -0.15) is 5.10 Å². The molecule has 1 aliphatic heterocycles. The first kappa shape index (κ1) is 11.2. The Bertz CT molecular complexity index is 746. The van der Waals surface area contributed by atoms with Crippen LogP contribution < -0.4 is 5.32 Å². The molecule has 0 saturated carbocycles. The van der Waals surface area contributed by atoms with E-state index < -0.39 is 0 Å². The van der Waals surface area contributed by atoms with Gasteiger partial charge in [0.2, 0.25) is 0 Å². The molecule has 1 aromatic heterocycles. The first-order chi connectivity index (χ1) is 9.90. The van der Waals surface area contributed by atoms with Crippen LogP contribution in [0.5, 0.6) is 0 Å². The van der Waals surface area contributed by atoms with Gasteiger partial charge in [0.1, 0.15) is 0 Å². The van der Waals surface area contributed by atoms with Gasteiger partial charge in [0.25, 0.3) is 0 Å². The molecular weight excluding hydrogens is 248 g/mol. The molecule has 20 heavy (non-hydrogen) atoms. The van der Waals surface area contributed by atoms with Crippen molar-refractivity contribution in [3.05, 3.63) is 54.1 Å². The molecule has 0 saturated heterocycles. The Kier molecular flexibility index (Phi) is 2.52. The number of anilines is 1. The largest absolute Gasteiger partial charge is 0.384 e. The van der Waals surface area contributed by atoms with Crippen molar-refractivity contribution in [3.8, 4) is 22.8 Å². The summed E-state index contributed by atoms with van der Waals surface area (Å²) in [6, 6.07) is 16.4. The topological polar surface area (TPSA) is 53.6 Å². The Morgan fingerprint density at radius 1 is 0.950 bits per heavy atom. The number of nitrogens with zero attached hydrogens (tertiary/aromatic N) is 2. The highest BCUT2D eigenvalue weighted by Gasteiger charge is 2.13. The fourth-order valence-corrected chi connectivity index (χ4v) is 2.56. The number of rotatable bonds is 2. The van der Waals surface area contributed by atoms with Gasteiger partial charge in [-0.15, -0.1) is 0 Å². The van der Waals surface area contributed by atoms with Gasteiger partial charge in [0.05, 0.1) is 0 Å². The number of hydrogen-bond donors (Lipinski definition) is 2. The molecule has 2 heterocycles. The van der Waals surface area contributed by atoms with Crippen molar-refractivity contribution in [2.24, 2.45) is 0 Å². The lowest BCUT2D eigenvalue weighted by molar-refractivity contribution is 1.09. The van der Waals surface area contributed by atoms with Crippen LogP contribution >= 0.6 is 0 Å². The third-order valence-electron chi connectivity index (χ3n) is 3.61. The first-order valence-corrected chi connectivity index (χ1v) is 6.75. The van der Waals surface area contributed by atoms with Crippen molar-refractivity contribution < 1.29 is 0 Å². The molecule has 0 spiro atoms. The third-order valence-corrected chi connectivity index (χ3v) is 3.61. The molecule has 0 atom stereocenters. The molecule has 4 nitrogen and oxygen atoms in total. The molecule has 0 radical (unpaired) electrons. The van der Waals surface area contributed by atoms with Crippen LogP contribution in [0.25, 0.3) is 22.8 Å². The summed E-state index contributed by atoms with van der Waals surface area (Å²) in [7, 11) is 0. The Balaban J connectivity index is 1.72. The molecule has 2 aromatic carbocycles. The number of nitrogens with one attached hydrogen (secondary N) is 2. The number of aromatic nitrogens is 3. The Morgan fingerprint density at radius 3 is 2.75 bits per heavy atom. The molecule has 4 heteroatoms. The summed E-state index contributed by atoms with van der Waals surface area (Å²) in [5.41, 5.74) is 4.68. The Morgan fingerprint density at radius 2 is 1.85 bits per heavy atom. The highest BCUT2D eigenvalue weighted by Crippen LogP contribution is 2.27. The monoisotopic (exact) mass is 262 g/mol. The van der Waals surface area contributed by atoms with Crippen LogP contribution in [0.2, 0.25) is 0 Å². The second-order valence-corrected chi connectivity index (χ2v) is 4.92. The Hall–Kier alpha value is -2.62. The normalized spacial score (nSPS) is 13.0. The van der Waals surface area contributed by atoms with Crippen LogP contribution in [-0.4, -0.2) is 21.7 Å². The van der Waals surface area contributed by atoms with Crippen LogP contribution in [-0.2, 0) is 6.42 Å². The molecule has 0 aliphatic carbocycles. The quantitative estimate of drug-likeness (QED) is 0.746. The van der Waals surface area contributed by atoms with E-state index in [1.165, 1.54) is 11.3 Å². The molecule has 2 N–H and O–H groups in total. The summed E-state index contributed by atoms with van der Waals surface area (Å²) in [5, 5.41) is 10.7. The van der Waals surface area contributed by atoms with Crippen molar-refractivity contribution in [1.82, 2.24) is 15.2 Å². The molecule has 0 fully saturated rings. The van der Waals surface area contributed by atoms with E-state index in [1.807, 2.05) is 30.3 Å². The lowest BCUT2D eigenvalue weighted by Gasteiger charge is -2.01. The standard InChI is InChI=1S/C16H14N4/c1-2-4-11(5-3-1)15-18-16(20-19-15)13-6-7-14-12(10-13)8-9-17-14/h1-7,10,17H,8-9H2,(H,18,19,20). The van der Waals surface area contributed by atoms with Gasteiger partial charge < -0.3 is 5.32 Å². The number of hydrogen-bond acceptors (Lipinski definition) is 3. The predicted octanol–water partition coefficient (Wildman–Crippen LogP) is 3.11. The lowest BCUT2D eigenvalue weighted by atomic mass is 10.1. The van der Waals surface area contributed by atoms with Gasteiger partial charge in [-0.1, -0.05) is 30.3 Å². The molecule has 0 amide bonds. The van der Waals surface area contributed by atoms with Crippen molar-refractivity contribution in [1.29, 1.82) is 0 Å². The van der Waals surface area contributed by atoms with Crippen LogP contribution in [0.3, 0.4) is 0 Å². The van der Waals surface area contributed by atoms with Crippen LogP contribution in [0.15, 0.2) is 48.5 Å². The van der Waals surface area contributed by atoms with Gasteiger partial charge in [-0.3, -0.25) is 5.10 Å². The predicted molar refractivity (Wildman–Crippen MR) is 79.4 cm³/mol. The smallest absolute Gasteiger partial charge is 0.181 e. The van der Waals surface area contributed by atoms with Crippen LogP contribution in [0.1, 0.15) is 5.56 Å². The zero-order valence-corrected chi connectivity index (χ0v) is 10.9. The SMILES string of the molecule is c1ccc(-c2nc(-c3ccc4c(c3)CCN4)n[nH]2)cc1. The summed E-state index contributed by atoms with van der Waals surface area (Å²) in [4.78, 5) is 4.59. The first-order valence-electron chi connectivity index (χ1n) is 6.75. The van der Waals surface area contributed by atoms with E-state index in [0.29, 0.717) is 0 Å². The second kappa shape index (κ2) is 4.49. The molecule has 98 valence electrons. The van der Waals surface area contributed by atoms with Crippen molar-refractivity contribution in [2.45, 2.75) is 6.42 Å². The second-order valence-electron chi connectivity index (χ2n) is 4.92. The minimum Gasteiger partial charge on any atom is -0.384 e. The summed E-state index contributed by atoms with van der Waals surface area (Å²) < 4.78 is 0. The summed E-state index contributed by atoms with van der Waals surface area (Å²) in [6.45, 7) is 1.02. The highest BCUT2D eigenvalue weighted by atomic mass is 15.2. The number of H-pyrrole nitrogens is 1. The van der Waals surface area contributed by atoms with Crippen molar-refractivity contribution in [3.63, 3.8) is 0 Å². The van der Waals surface area contributed by atoms with E-state index in [2.05, 4.69) is 38.7 Å². The molecule has 3 aromatic rings. The van der Waals surface area contributed by atoms with Gasteiger partial charge in [0, 0.05) is 23.4 Å². The maximum absolute atomic E-state index is 4.59. The average molecular weight is 262 g/mol. The van der Waals surface area contributed by atoms with E-state index in [0.717, 1.165) is 35.7 Å². The van der Waals surface area contributed by atoms with Gasteiger partial charge in [-0.25, -0.2) is 4.98 Å². The average Bonchev–Trinajstić information content (AvgIpc) is 3.16. The highest BCUT2D eigenvalue weighted by molar-refractivity contribution is 5.67. The zero-order valence-electron chi connectivity index (χ0n) is 10.9. The lowest BCUT2D eigenvalue weighted by Crippen LogP contribution is -1.90. The Labute approximate surface area is 116 Å². The number of fused-ring (bicyclic) bond motifs is 1. The molecular formula is C16H14N4. The summed E-state index contributed by atoms with van der Waals surface area (Å²) in [5.74, 6) is 1.55. The molecule has 0 unspecified atom stereocenters. The molecule has 1 aliphatic rings. The number of benzene rings is 2. The minimum absolute atomic E-state index is 0.749. The maximum Gasteiger partial charge on any atom is 0.181 e. The third kappa shape index (κ3) is 1.86. The fraction of sp³-hybridized carbons (Fsp3) is 0.125. The van der Waals surface area contributed by atoms with Crippen molar-refractivity contribution >= 4 is 5.69 Å². The van der Waals surface area contributed by atoms with Gasteiger partial charge >= 0.3 is 0 Å². The maximum atomic E-state index is 4.59. The zero-order chi connectivity index (χ0) is 13.4.